The number of hydrogen-bond donors (Lipinski definition) is 1. The minimum Gasteiger partial charge on any atom is -0.503 e. The van der Waals surface area contributed by atoms with E-state index in [1.54, 1.807) is 32.2 Å². The zero-order chi connectivity index (χ0) is 28.7. The number of nitrogens with zero attached hydrogens (tertiary/aromatic N) is 3. The van der Waals surface area contributed by atoms with Gasteiger partial charge in [0.2, 0.25) is 5.78 Å². The van der Waals surface area contributed by atoms with Crippen LogP contribution in [0.25, 0.3) is 10.2 Å². The minimum absolute atomic E-state index is 0.0114. The number of Topliss-reactive ketones (excluding diaryl/α,β-unsaturated/α-hetero) is 1. The molecule has 0 aliphatic carbocycles. The molecule has 2 aromatic carbocycles. The molecule has 8 nitrogen and oxygen atoms in total. The van der Waals surface area contributed by atoms with Gasteiger partial charge >= 0.3 is 0 Å². The van der Waals surface area contributed by atoms with Gasteiger partial charge in [-0.3, -0.25) is 14.5 Å². The maximum absolute atomic E-state index is 13.9. The summed E-state index contributed by atoms with van der Waals surface area (Å²) in [4.78, 5) is 38.5. The fourth-order valence-corrected chi connectivity index (χ4v) is 6.68. The maximum Gasteiger partial charge on any atom is 0.296 e. The van der Waals surface area contributed by atoms with Gasteiger partial charge < -0.3 is 14.6 Å². The lowest BCUT2D eigenvalue weighted by Crippen LogP contribution is -2.31. The average molecular weight is 578 g/mol. The Bertz CT molecular complexity index is 1650. The highest BCUT2D eigenvalue weighted by Gasteiger charge is 2.46. The highest BCUT2D eigenvalue weighted by Crippen LogP contribution is 2.46. The van der Waals surface area contributed by atoms with Crippen molar-refractivity contribution in [3.8, 4) is 11.5 Å². The quantitative estimate of drug-likeness (QED) is 0.216. The van der Waals surface area contributed by atoms with Gasteiger partial charge in [0, 0.05) is 0 Å². The standard InChI is InChI=1S/C30H31N3O5S2/c1-15(2)11-12-38-21-10-8-19(14-22(21)37-6)25-24(26(34)28-17(4)31-18(5)39-28)27(35)29(36)33(25)30-32-20-9-7-16(3)13-23(20)40-30/h7-10,13-15,25,35H,11-12H2,1-6H3. The van der Waals surface area contributed by atoms with Crippen molar-refractivity contribution in [3.05, 3.63) is 74.4 Å². The van der Waals surface area contributed by atoms with Gasteiger partial charge in [-0.25, -0.2) is 9.97 Å². The van der Waals surface area contributed by atoms with E-state index in [-0.39, 0.29) is 5.57 Å². The Balaban J connectivity index is 1.63. The van der Waals surface area contributed by atoms with Crippen LogP contribution in [0.4, 0.5) is 5.13 Å². The van der Waals surface area contributed by atoms with Gasteiger partial charge in [-0.1, -0.05) is 37.3 Å². The molecule has 0 saturated carbocycles. The second-order valence-corrected chi connectivity index (χ2v) is 12.4. The smallest absolute Gasteiger partial charge is 0.296 e. The number of aliphatic hydroxyl groups excluding tert-OH is 1. The van der Waals surface area contributed by atoms with Crippen molar-refractivity contribution < 1.29 is 24.2 Å². The van der Waals surface area contributed by atoms with Crippen LogP contribution in [0, 0.1) is 26.7 Å². The van der Waals surface area contributed by atoms with E-state index in [1.807, 2.05) is 32.0 Å². The molecule has 1 amide bonds. The Kier molecular flexibility index (Phi) is 7.65. The number of aryl methyl sites for hydroxylation is 3. The Morgan fingerprint density at radius 2 is 1.85 bits per heavy atom. The maximum atomic E-state index is 13.9. The number of methoxy groups -OCH3 is 1. The van der Waals surface area contributed by atoms with Crippen molar-refractivity contribution in [2.24, 2.45) is 5.92 Å². The molecule has 1 aliphatic rings. The number of carbonyl (C=O) groups excluding carboxylic acids is 2. The average Bonchev–Trinajstić information content (AvgIpc) is 3.56. The molecule has 1 N–H and O–H groups in total. The molecule has 3 heterocycles. The Morgan fingerprint density at radius 3 is 2.52 bits per heavy atom. The molecule has 0 bridgehead atoms. The molecule has 1 atom stereocenters. The summed E-state index contributed by atoms with van der Waals surface area (Å²) in [5.41, 5.74) is 2.93. The summed E-state index contributed by atoms with van der Waals surface area (Å²) in [6.45, 7) is 10.3. The van der Waals surface area contributed by atoms with Crippen molar-refractivity contribution in [1.29, 1.82) is 0 Å². The Labute approximate surface area is 240 Å². The monoisotopic (exact) mass is 577 g/mol. The Morgan fingerprint density at radius 1 is 1.07 bits per heavy atom. The van der Waals surface area contributed by atoms with Gasteiger partial charge in [0.25, 0.3) is 5.91 Å². The second kappa shape index (κ2) is 11.0. The first kappa shape index (κ1) is 27.8. The first-order valence-corrected chi connectivity index (χ1v) is 14.7. The topological polar surface area (TPSA) is 102 Å². The van der Waals surface area contributed by atoms with Crippen molar-refractivity contribution in [2.45, 2.75) is 47.1 Å². The van der Waals surface area contributed by atoms with E-state index in [0.29, 0.717) is 45.3 Å². The van der Waals surface area contributed by atoms with Crippen LogP contribution in [-0.4, -0.2) is 40.5 Å². The summed E-state index contributed by atoms with van der Waals surface area (Å²) in [6.07, 6.45) is 0.885. The molecule has 40 heavy (non-hydrogen) atoms. The van der Waals surface area contributed by atoms with E-state index in [0.717, 1.165) is 27.2 Å². The predicted octanol–water partition coefficient (Wildman–Crippen LogP) is 6.89. The van der Waals surface area contributed by atoms with Crippen LogP contribution in [0.15, 0.2) is 47.7 Å². The molecule has 5 rings (SSSR count). The molecule has 0 fully saturated rings. The molecule has 0 radical (unpaired) electrons. The van der Waals surface area contributed by atoms with E-state index in [1.165, 1.54) is 27.6 Å². The first-order chi connectivity index (χ1) is 19.1. The van der Waals surface area contributed by atoms with Gasteiger partial charge in [0.15, 0.2) is 22.4 Å². The van der Waals surface area contributed by atoms with E-state index in [4.69, 9.17) is 14.5 Å². The summed E-state index contributed by atoms with van der Waals surface area (Å²) in [7, 11) is 1.55. The molecule has 0 spiro atoms. The number of anilines is 1. The number of ketones is 1. The summed E-state index contributed by atoms with van der Waals surface area (Å²) in [5.74, 6) is -0.188. The third kappa shape index (κ3) is 5.09. The number of aromatic nitrogens is 2. The highest BCUT2D eigenvalue weighted by atomic mass is 32.1. The zero-order valence-electron chi connectivity index (χ0n) is 23.3. The van der Waals surface area contributed by atoms with Gasteiger partial charge in [-0.2, -0.15) is 0 Å². The zero-order valence-corrected chi connectivity index (χ0v) is 24.9. The second-order valence-electron chi connectivity index (χ2n) is 10.2. The van der Waals surface area contributed by atoms with Crippen LogP contribution >= 0.6 is 22.7 Å². The molecule has 1 aliphatic heterocycles. The van der Waals surface area contributed by atoms with Crippen LogP contribution in [0.3, 0.4) is 0 Å². The molecule has 2 aromatic heterocycles. The molecule has 4 aromatic rings. The largest absolute Gasteiger partial charge is 0.503 e. The minimum atomic E-state index is -0.929. The molecule has 0 saturated heterocycles. The van der Waals surface area contributed by atoms with Crippen molar-refractivity contribution in [1.82, 2.24) is 9.97 Å². The van der Waals surface area contributed by atoms with Gasteiger partial charge in [-0.05, 0) is 68.5 Å². The number of hydrogen-bond acceptors (Lipinski definition) is 9. The number of benzene rings is 2. The van der Waals surface area contributed by atoms with Crippen LogP contribution < -0.4 is 14.4 Å². The van der Waals surface area contributed by atoms with Crippen LogP contribution in [0.1, 0.15) is 57.8 Å². The van der Waals surface area contributed by atoms with Crippen molar-refractivity contribution in [2.75, 3.05) is 18.6 Å². The molecule has 10 heteroatoms. The van der Waals surface area contributed by atoms with Crippen molar-refractivity contribution in [3.63, 3.8) is 0 Å². The summed E-state index contributed by atoms with van der Waals surface area (Å²) < 4.78 is 12.5. The van der Waals surface area contributed by atoms with Gasteiger partial charge in [-0.15, -0.1) is 11.3 Å². The van der Waals surface area contributed by atoms with E-state index < -0.39 is 23.5 Å². The summed E-state index contributed by atoms with van der Waals surface area (Å²) >= 11 is 2.58. The first-order valence-electron chi connectivity index (χ1n) is 13.0. The fraction of sp³-hybridized carbons (Fsp3) is 0.333. The van der Waals surface area contributed by atoms with Crippen LogP contribution in [0.2, 0.25) is 0 Å². The number of thiazole rings is 2. The number of rotatable bonds is 9. The fourth-order valence-electron chi connectivity index (χ4n) is 4.72. The lowest BCUT2D eigenvalue weighted by molar-refractivity contribution is -0.117. The third-order valence-corrected chi connectivity index (χ3v) is 8.85. The number of carbonyl (C=O) groups is 2. The van der Waals surface area contributed by atoms with Crippen molar-refractivity contribution >= 4 is 49.7 Å². The summed E-state index contributed by atoms with van der Waals surface area (Å²) in [5, 5.41) is 12.3. The molecule has 1 unspecified atom stereocenters. The third-order valence-electron chi connectivity index (χ3n) is 6.76. The van der Waals surface area contributed by atoms with Gasteiger partial charge in [0.1, 0.15) is 0 Å². The number of fused-ring (bicyclic) bond motifs is 1. The Hall–Kier alpha value is -3.76. The number of ether oxygens (including phenoxy) is 2. The summed E-state index contributed by atoms with van der Waals surface area (Å²) in [6, 6.07) is 10.3. The molecule has 208 valence electrons. The number of amides is 1. The van der Waals surface area contributed by atoms with E-state index in [9.17, 15) is 14.7 Å². The molecular formula is C30H31N3O5S2. The van der Waals surface area contributed by atoms with E-state index in [2.05, 4.69) is 18.8 Å². The molecular weight excluding hydrogens is 546 g/mol. The number of aliphatic hydroxyl groups is 1. The predicted molar refractivity (Wildman–Crippen MR) is 158 cm³/mol. The highest BCUT2D eigenvalue weighted by molar-refractivity contribution is 7.22. The van der Waals surface area contributed by atoms with Gasteiger partial charge in [0.05, 0.1) is 51.1 Å². The van der Waals surface area contributed by atoms with Crippen LogP contribution in [-0.2, 0) is 4.79 Å². The van der Waals surface area contributed by atoms with E-state index >= 15 is 0 Å². The normalized spacial score (nSPS) is 15.5. The lowest BCUT2D eigenvalue weighted by atomic mass is 9.95. The van der Waals surface area contributed by atoms with Crippen LogP contribution in [0.5, 0.6) is 11.5 Å². The lowest BCUT2D eigenvalue weighted by Gasteiger charge is -2.25. The SMILES string of the molecule is COc1cc(C2C(C(=O)c3sc(C)nc3C)=C(O)C(=O)N2c2nc3ccc(C)cc3s2)ccc1OCCC(C)C.